The number of anilines is 2. The minimum absolute atomic E-state index is 0.00245. The number of ether oxygens (including phenoxy) is 1. The summed E-state index contributed by atoms with van der Waals surface area (Å²) in [6, 6.07) is 8.52. The van der Waals surface area contributed by atoms with E-state index in [-0.39, 0.29) is 5.91 Å². The molecule has 2 heterocycles. The van der Waals surface area contributed by atoms with Crippen LogP contribution in [0.5, 0.6) is 5.75 Å². The summed E-state index contributed by atoms with van der Waals surface area (Å²) in [7, 11) is 1.66. The molecule has 1 N–H and O–H groups in total. The standard InChI is InChI=1S/C19H23N5O2/c1-26-17-6-4-16(5-7-17)23-8-10-24(11-9-23)18(25)14-12-20-19(21-13-14)22-15-2-3-15/h4-7,12-13,15H,2-3,8-11H2,1H3,(H,20,21,22). The van der Waals surface area contributed by atoms with Crippen LogP contribution >= 0.6 is 0 Å². The molecule has 2 fully saturated rings. The van der Waals surface area contributed by atoms with Gasteiger partial charge in [0, 0.05) is 50.3 Å². The van der Waals surface area contributed by atoms with E-state index in [1.54, 1.807) is 19.5 Å². The molecule has 4 rings (SSSR count). The molecule has 1 aromatic carbocycles. The third kappa shape index (κ3) is 3.71. The number of aromatic nitrogens is 2. The molecule has 1 amide bonds. The second-order valence-electron chi connectivity index (χ2n) is 6.69. The molecule has 26 heavy (non-hydrogen) atoms. The van der Waals surface area contributed by atoms with Gasteiger partial charge in [-0.25, -0.2) is 9.97 Å². The molecule has 0 atom stereocenters. The van der Waals surface area contributed by atoms with E-state index < -0.39 is 0 Å². The molecule has 7 heteroatoms. The molecular formula is C19H23N5O2. The van der Waals surface area contributed by atoms with Crippen molar-refractivity contribution in [1.29, 1.82) is 0 Å². The largest absolute Gasteiger partial charge is 0.497 e. The highest BCUT2D eigenvalue weighted by molar-refractivity contribution is 5.93. The molecule has 0 radical (unpaired) electrons. The number of nitrogens with one attached hydrogen (secondary N) is 1. The van der Waals surface area contributed by atoms with E-state index in [4.69, 9.17) is 4.74 Å². The summed E-state index contributed by atoms with van der Waals surface area (Å²) in [6.07, 6.45) is 5.58. The van der Waals surface area contributed by atoms with Crippen molar-refractivity contribution in [3.63, 3.8) is 0 Å². The number of carbonyl (C=O) groups is 1. The zero-order valence-electron chi connectivity index (χ0n) is 14.9. The van der Waals surface area contributed by atoms with Gasteiger partial charge in [-0.05, 0) is 37.1 Å². The van der Waals surface area contributed by atoms with Crippen molar-refractivity contribution in [2.24, 2.45) is 0 Å². The number of methoxy groups -OCH3 is 1. The van der Waals surface area contributed by atoms with Crippen LogP contribution in [0, 0.1) is 0 Å². The number of rotatable bonds is 5. The summed E-state index contributed by atoms with van der Waals surface area (Å²) < 4.78 is 5.20. The van der Waals surface area contributed by atoms with Gasteiger partial charge in [0.05, 0.1) is 12.7 Å². The number of hydrogen-bond donors (Lipinski definition) is 1. The van der Waals surface area contributed by atoms with E-state index in [0.717, 1.165) is 24.5 Å². The summed E-state index contributed by atoms with van der Waals surface area (Å²) in [5, 5.41) is 3.23. The number of hydrogen-bond acceptors (Lipinski definition) is 6. The maximum absolute atomic E-state index is 12.7. The van der Waals surface area contributed by atoms with Gasteiger partial charge in [0.25, 0.3) is 5.91 Å². The molecule has 0 spiro atoms. The first-order chi connectivity index (χ1) is 12.7. The molecule has 2 aromatic rings. The van der Waals surface area contributed by atoms with Gasteiger partial charge in [0.2, 0.25) is 5.95 Å². The Kier molecular flexibility index (Phi) is 4.60. The summed E-state index contributed by atoms with van der Waals surface area (Å²) in [5.74, 6) is 1.45. The second-order valence-corrected chi connectivity index (χ2v) is 6.69. The average molecular weight is 353 g/mol. The van der Waals surface area contributed by atoms with Crippen LogP contribution in [0.2, 0.25) is 0 Å². The molecule has 1 saturated heterocycles. The van der Waals surface area contributed by atoms with Crippen LogP contribution in [0.1, 0.15) is 23.2 Å². The molecular weight excluding hydrogens is 330 g/mol. The number of nitrogens with zero attached hydrogens (tertiary/aromatic N) is 4. The van der Waals surface area contributed by atoms with Gasteiger partial charge in [-0.1, -0.05) is 0 Å². The lowest BCUT2D eigenvalue weighted by Gasteiger charge is -2.36. The van der Waals surface area contributed by atoms with Gasteiger partial charge >= 0.3 is 0 Å². The number of carbonyl (C=O) groups excluding carboxylic acids is 1. The highest BCUT2D eigenvalue weighted by Crippen LogP contribution is 2.23. The predicted octanol–water partition coefficient (Wildman–Crippen LogP) is 2.02. The van der Waals surface area contributed by atoms with E-state index in [9.17, 15) is 4.79 Å². The van der Waals surface area contributed by atoms with Crippen molar-refractivity contribution in [3.8, 4) is 5.75 Å². The van der Waals surface area contributed by atoms with Crippen molar-refractivity contribution in [3.05, 3.63) is 42.2 Å². The first kappa shape index (κ1) is 16.6. The third-order valence-corrected chi connectivity index (χ3v) is 4.81. The van der Waals surface area contributed by atoms with E-state index in [1.807, 2.05) is 17.0 Å². The molecule has 1 aromatic heterocycles. The Labute approximate surface area is 153 Å². The van der Waals surface area contributed by atoms with Crippen LogP contribution in [0.4, 0.5) is 11.6 Å². The number of amides is 1. The fourth-order valence-electron chi connectivity index (χ4n) is 3.07. The monoisotopic (exact) mass is 353 g/mol. The Hall–Kier alpha value is -2.83. The lowest BCUT2D eigenvalue weighted by Crippen LogP contribution is -2.48. The Bertz CT molecular complexity index is 751. The Morgan fingerprint density at radius 3 is 2.31 bits per heavy atom. The summed E-state index contributed by atoms with van der Waals surface area (Å²) in [5.41, 5.74) is 1.70. The van der Waals surface area contributed by atoms with Gasteiger partial charge in [0.15, 0.2) is 0 Å². The predicted molar refractivity (Wildman–Crippen MR) is 99.8 cm³/mol. The highest BCUT2D eigenvalue weighted by Gasteiger charge is 2.24. The van der Waals surface area contributed by atoms with E-state index in [1.165, 1.54) is 12.8 Å². The molecule has 0 bridgehead atoms. The van der Waals surface area contributed by atoms with Gasteiger partial charge in [-0.15, -0.1) is 0 Å². The van der Waals surface area contributed by atoms with Crippen molar-refractivity contribution in [2.45, 2.75) is 18.9 Å². The van der Waals surface area contributed by atoms with Crippen LogP contribution in [-0.4, -0.2) is 60.1 Å². The topological polar surface area (TPSA) is 70.6 Å². The van der Waals surface area contributed by atoms with E-state index in [2.05, 4.69) is 32.3 Å². The zero-order valence-corrected chi connectivity index (χ0v) is 14.9. The molecule has 136 valence electrons. The smallest absolute Gasteiger partial charge is 0.257 e. The minimum Gasteiger partial charge on any atom is -0.497 e. The van der Waals surface area contributed by atoms with Crippen LogP contribution < -0.4 is 15.0 Å². The Balaban J connectivity index is 1.33. The Morgan fingerprint density at radius 2 is 1.73 bits per heavy atom. The second kappa shape index (κ2) is 7.19. The molecule has 1 saturated carbocycles. The fraction of sp³-hybridized carbons (Fsp3) is 0.421. The average Bonchev–Trinajstić information content (AvgIpc) is 3.52. The molecule has 1 aliphatic heterocycles. The van der Waals surface area contributed by atoms with Gasteiger partial charge < -0.3 is 19.9 Å². The van der Waals surface area contributed by atoms with Gasteiger partial charge in [-0.3, -0.25) is 4.79 Å². The maximum atomic E-state index is 12.7. The van der Waals surface area contributed by atoms with Gasteiger partial charge in [-0.2, -0.15) is 0 Å². The minimum atomic E-state index is -0.00245. The first-order valence-corrected chi connectivity index (χ1v) is 9.00. The lowest BCUT2D eigenvalue weighted by atomic mass is 10.2. The number of piperazine rings is 1. The van der Waals surface area contributed by atoms with E-state index in [0.29, 0.717) is 30.6 Å². The highest BCUT2D eigenvalue weighted by atomic mass is 16.5. The molecule has 7 nitrogen and oxygen atoms in total. The van der Waals surface area contributed by atoms with Crippen molar-refractivity contribution in [2.75, 3.05) is 43.5 Å². The Morgan fingerprint density at radius 1 is 1.08 bits per heavy atom. The molecule has 1 aliphatic carbocycles. The molecule has 0 unspecified atom stereocenters. The van der Waals surface area contributed by atoms with Crippen molar-refractivity contribution in [1.82, 2.24) is 14.9 Å². The SMILES string of the molecule is COc1ccc(N2CCN(C(=O)c3cnc(NC4CC4)nc3)CC2)cc1. The van der Waals surface area contributed by atoms with E-state index >= 15 is 0 Å². The zero-order chi connectivity index (χ0) is 17.9. The van der Waals surface area contributed by atoms with Crippen molar-refractivity contribution < 1.29 is 9.53 Å². The van der Waals surface area contributed by atoms with Crippen LogP contribution in [0.3, 0.4) is 0 Å². The fourth-order valence-corrected chi connectivity index (χ4v) is 3.07. The summed E-state index contributed by atoms with van der Waals surface area (Å²) >= 11 is 0. The normalized spacial score (nSPS) is 17.1. The molecule has 2 aliphatic rings. The van der Waals surface area contributed by atoms with Gasteiger partial charge in [0.1, 0.15) is 5.75 Å². The summed E-state index contributed by atoms with van der Waals surface area (Å²) in [6.45, 7) is 2.99. The first-order valence-electron chi connectivity index (χ1n) is 9.00. The quantitative estimate of drug-likeness (QED) is 0.887. The summed E-state index contributed by atoms with van der Waals surface area (Å²) in [4.78, 5) is 25.3. The lowest BCUT2D eigenvalue weighted by molar-refractivity contribution is 0.0746. The van der Waals surface area contributed by atoms with Crippen molar-refractivity contribution >= 4 is 17.5 Å². The number of benzene rings is 1. The van der Waals surface area contributed by atoms with Crippen LogP contribution in [0.25, 0.3) is 0 Å². The van der Waals surface area contributed by atoms with Crippen LogP contribution in [-0.2, 0) is 0 Å². The third-order valence-electron chi connectivity index (χ3n) is 4.81. The maximum Gasteiger partial charge on any atom is 0.257 e. The van der Waals surface area contributed by atoms with Crippen LogP contribution in [0.15, 0.2) is 36.7 Å².